The van der Waals surface area contributed by atoms with Crippen LogP contribution in [0, 0.1) is 0 Å². The number of fused-ring (bicyclic) bond motifs is 4. The molecule has 212 valence electrons. The third-order valence-electron chi connectivity index (χ3n) is 10.1. The summed E-state index contributed by atoms with van der Waals surface area (Å²) in [4.78, 5) is 0. The molecule has 0 saturated heterocycles. The van der Waals surface area contributed by atoms with E-state index in [1.165, 1.54) is 88.0 Å². The van der Waals surface area contributed by atoms with Gasteiger partial charge in [0.15, 0.2) is 0 Å². The van der Waals surface area contributed by atoms with E-state index in [0.717, 1.165) is 0 Å². The highest BCUT2D eigenvalue weighted by atomic mass is 14.4. The first-order valence-electron chi connectivity index (χ1n) is 15.9. The molecule has 0 bridgehead atoms. The molecule has 0 amide bonds. The molecule has 0 radical (unpaired) electrons. The summed E-state index contributed by atoms with van der Waals surface area (Å²) in [5.74, 6) is 0. The fraction of sp³-hybridized carbons (Fsp3) is 0.0667. The number of hydrogen-bond donors (Lipinski definition) is 0. The van der Waals surface area contributed by atoms with Crippen molar-refractivity contribution >= 4 is 32.3 Å². The Hall–Kier alpha value is -5.46. The van der Waals surface area contributed by atoms with Gasteiger partial charge in [0.25, 0.3) is 0 Å². The maximum absolute atomic E-state index is 2.36. The van der Waals surface area contributed by atoms with Gasteiger partial charge in [-0.1, -0.05) is 172 Å². The lowest BCUT2D eigenvalue weighted by Gasteiger charge is -2.35. The Morgan fingerprint density at radius 3 is 1.42 bits per heavy atom. The van der Waals surface area contributed by atoms with Crippen molar-refractivity contribution in [2.75, 3.05) is 0 Å². The monoisotopic (exact) mass is 572 g/mol. The van der Waals surface area contributed by atoms with Crippen LogP contribution in [0.25, 0.3) is 76.8 Å². The van der Waals surface area contributed by atoms with Crippen LogP contribution < -0.4 is 0 Å². The average molecular weight is 573 g/mol. The first-order valence-corrected chi connectivity index (χ1v) is 15.9. The fourth-order valence-corrected chi connectivity index (χ4v) is 7.98. The third kappa shape index (κ3) is 3.79. The standard InChI is InChI=1S/C45H32/c1-45(2)40-21-11-10-15-33(40)39-28-27-32(34-20-12-22-41(45)44(34)39)29-23-25-31(26-24-29)43-37-18-8-6-16-35(37)42(30-13-4-3-5-14-30)36-17-7-9-19-38(36)43/h3-28H,1-2H3. The molecule has 0 unspecified atom stereocenters. The molecule has 1 aliphatic carbocycles. The Morgan fingerprint density at radius 1 is 0.311 bits per heavy atom. The van der Waals surface area contributed by atoms with E-state index in [0.29, 0.717) is 0 Å². The van der Waals surface area contributed by atoms with Gasteiger partial charge in [-0.3, -0.25) is 0 Å². The molecule has 0 aliphatic heterocycles. The predicted molar refractivity (Wildman–Crippen MR) is 193 cm³/mol. The first-order chi connectivity index (χ1) is 22.1. The molecule has 0 nitrogen and oxygen atoms in total. The van der Waals surface area contributed by atoms with E-state index in [4.69, 9.17) is 0 Å². The fourth-order valence-electron chi connectivity index (χ4n) is 7.98. The van der Waals surface area contributed by atoms with Crippen LogP contribution >= 0.6 is 0 Å². The molecule has 1 aliphatic rings. The van der Waals surface area contributed by atoms with E-state index in [9.17, 15) is 0 Å². The van der Waals surface area contributed by atoms with Crippen molar-refractivity contribution in [3.05, 3.63) is 169 Å². The van der Waals surface area contributed by atoms with Crippen molar-refractivity contribution in [3.63, 3.8) is 0 Å². The summed E-state index contributed by atoms with van der Waals surface area (Å²) in [5.41, 5.74) is 13.1. The van der Waals surface area contributed by atoms with E-state index >= 15 is 0 Å². The molecule has 0 heteroatoms. The molecule has 9 rings (SSSR count). The van der Waals surface area contributed by atoms with E-state index in [2.05, 4.69) is 172 Å². The predicted octanol–water partition coefficient (Wildman–Crippen LogP) is 12.5. The van der Waals surface area contributed by atoms with Gasteiger partial charge in [-0.25, -0.2) is 0 Å². The van der Waals surface area contributed by atoms with Crippen molar-refractivity contribution in [2.24, 2.45) is 0 Å². The van der Waals surface area contributed by atoms with Gasteiger partial charge in [0, 0.05) is 5.41 Å². The second-order valence-corrected chi connectivity index (χ2v) is 12.8. The zero-order chi connectivity index (χ0) is 30.1. The minimum absolute atomic E-state index is 0.0559. The Balaban J connectivity index is 1.24. The smallest absolute Gasteiger partial charge is 0.0159 e. The molecule has 0 saturated carbocycles. The molecule has 8 aromatic carbocycles. The van der Waals surface area contributed by atoms with Crippen LogP contribution in [0.3, 0.4) is 0 Å². The minimum Gasteiger partial charge on any atom is -0.0622 e. The normalized spacial score (nSPS) is 13.3. The Bertz CT molecular complexity index is 2370. The molecular formula is C45H32. The molecule has 0 atom stereocenters. The van der Waals surface area contributed by atoms with Crippen molar-refractivity contribution in [1.82, 2.24) is 0 Å². The summed E-state index contributed by atoms with van der Waals surface area (Å²) >= 11 is 0. The second-order valence-electron chi connectivity index (χ2n) is 12.8. The number of benzene rings is 8. The van der Waals surface area contributed by atoms with Crippen molar-refractivity contribution < 1.29 is 0 Å². The first kappa shape index (κ1) is 26.0. The van der Waals surface area contributed by atoms with Crippen LogP contribution in [0.5, 0.6) is 0 Å². The summed E-state index contributed by atoms with van der Waals surface area (Å²) in [7, 11) is 0. The molecule has 45 heavy (non-hydrogen) atoms. The topological polar surface area (TPSA) is 0 Å². The molecular weight excluding hydrogens is 540 g/mol. The molecule has 8 aromatic rings. The molecule has 0 fully saturated rings. The SMILES string of the molecule is CC1(C)c2ccccc2-c2ccc(-c3ccc(-c4c5ccccc5c(-c5ccccc5)c5ccccc45)cc3)c3cccc1c23. The van der Waals surface area contributed by atoms with E-state index in [1.807, 2.05) is 0 Å². The van der Waals surface area contributed by atoms with Crippen molar-refractivity contribution in [3.8, 4) is 44.5 Å². The molecule has 0 spiro atoms. The van der Waals surface area contributed by atoms with Crippen LogP contribution in [-0.4, -0.2) is 0 Å². The molecule has 0 N–H and O–H groups in total. The molecule has 0 aromatic heterocycles. The van der Waals surface area contributed by atoms with Gasteiger partial charge in [-0.15, -0.1) is 0 Å². The second kappa shape index (κ2) is 9.78. The van der Waals surface area contributed by atoms with Crippen molar-refractivity contribution in [2.45, 2.75) is 19.3 Å². The number of rotatable bonds is 3. The van der Waals surface area contributed by atoms with Crippen LogP contribution in [0.2, 0.25) is 0 Å². The zero-order valence-electron chi connectivity index (χ0n) is 25.5. The highest BCUT2D eigenvalue weighted by molar-refractivity contribution is 6.21. The number of hydrogen-bond acceptors (Lipinski definition) is 0. The Morgan fingerprint density at radius 2 is 0.778 bits per heavy atom. The molecule has 0 heterocycles. The summed E-state index contributed by atoms with van der Waals surface area (Å²) in [6.45, 7) is 4.73. The van der Waals surface area contributed by atoms with Gasteiger partial charge < -0.3 is 0 Å². The van der Waals surface area contributed by atoms with E-state index in [-0.39, 0.29) is 5.41 Å². The summed E-state index contributed by atoms with van der Waals surface area (Å²) in [6, 6.07) is 58.3. The lowest BCUT2D eigenvalue weighted by Crippen LogP contribution is -2.23. The lowest BCUT2D eigenvalue weighted by molar-refractivity contribution is 0.645. The van der Waals surface area contributed by atoms with E-state index in [1.54, 1.807) is 0 Å². The Kier molecular flexibility index (Phi) is 5.64. The summed E-state index contributed by atoms with van der Waals surface area (Å²) < 4.78 is 0. The highest BCUT2D eigenvalue weighted by Crippen LogP contribution is 2.50. The van der Waals surface area contributed by atoms with E-state index < -0.39 is 0 Å². The largest absolute Gasteiger partial charge is 0.0622 e. The zero-order valence-corrected chi connectivity index (χ0v) is 25.5. The van der Waals surface area contributed by atoms with Gasteiger partial charge in [0.2, 0.25) is 0 Å². The minimum atomic E-state index is -0.0559. The third-order valence-corrected chi connectivity index (χ3v) is 10.1. The van der Waals surface area contributed by atoms with Crippen molar-refractivity contribution in [1.29, 1.82) is 0 Å². The van der Waals surface area contributed by atoms with Gasteiger partial charge in [0.05, 0.1) is 0 Å². The van der Waals surface area contributed by atoms with Gasteiger partial charge in [-0.05, 0) is 88.0 Å². The maximum Gasteiger partial charge on any atom is 0.0159 e. The van der Waals surface area contributed by atoms with Gasteiger partial charge in [-0.2, -0.15) is 0 Å². The highest BCUT2D eigenvalue weighted by Gasteiger charge is 2.33. The van der Waals surface area contributed by atoms with Crippen LogP contribution in [0.4, 0.5) is 0 Å². The lowest BCUT2D eigenvalue weighted by atomic mass is 9.68. The van der Waals surface area contributed by atoms with Crippen LogP contribution in [-0.2, 0) is 5.41 Å². The average Bonchev–Trinajstić information content (AvgIpc) is 3.10. The quantitative estimate of drug-likeness (QED) is 0.185. The summed E-state index contributed by atoms with van der Waals surface area (Å²) in [5, 5.41) is 7.84. The van der Waals surface area contributed by atoms with Crippen LogP contribution in [0.15, 0.2) is 158 Å². The van der Waals surface area contributed by atoms with Crippen LogP contribution in [0.1, 0.15) is 25.0 Å². The Labute approximate surface area is 264 Å². The van der Waals surface area contributed by atoms with Gasteiger partial charge >= 0.3 is 0 Å². The summed E-state index contributed by atoms with van der Waals surface area (Å²) in [6.07, 6.45) is 0. The van der Waals surface area contributed by atoms with Gasteiger partial charge in [0.1, 0.15) is 0 Å². The maximum atomic E-state index is 2.36.